The van der Waals surface area contributed by atoms with Crippen molar-refractivity contribution in [1.82, 2.24) is 4.98 Å². The predicted molar refractivity (Wildman–Crippen MR) is 52.5 cm³/mol. The molecule has 0 unspecified atom stereocenters. The van der Waals surface area contributed by atoms with Crippen molar-refractivity contribution in [1.29, 1.82) is 0 Å². The van der Waals surface area contributed by atoms with E-state index in [4.69, 9.17) is 0 Å². The lowest BCUT2D eigenvalue weighted by Crippen LogP contribution is -1.98. The number of nitrogens with zero attached hydrogens (tertiary/aromatic N) is 1. The van der Waals surface area contributed by atoms with Gasteiger partial charge in [0, 0.05) is 11.4 Å². The summed E-state index contributed by atoms with van der Waals surface area (Å²) in [6.45, 7) is 8.60. The van der Waals surface area contributed by atoms with Gasteiger partial charge < -0.3 is 0 Å². The van der Waals surface area contributed by atoms with E-state index in [0.717, 1.165) is 12.8 Å². The molecule has 0 atom stereocenters. The Morgan fingerprint density at radius 2 is 1.83 bits per heavy atom. The summed E-state index contributed by atoms with van der Waals surface area (Å²) >= 11 is 0. The highest BCUT2D eigenvalue weighted by Crippen LogP contribution is 2.13. The summed E-state index contributed by atoms with van der Waals surface area (Å²) < 4.78 is 0. The zero-order valence-electron chi connectivity index (χ0n) is 8.44. The molecule has 0 amide bonds. The highest BCUT2D eigenvalue weighted by atomic mass is 14.7. The smallest absolute Gasteiger partial charge is 0.0410 e. The molecule has 1 heteroatoms. The van der Waals surface area contributed by atoms with E-state index in [9.17, 15) is 0 Å². The molecule has 0 spiro atoms. The number of pyridine rings is 1. The zero-order valence-corrected chi connectivity index (χ0v) is 8.44. The number of aryl methyl sites for hydroxylation is 3. The van der Waals surface area contributed by atoms with Gasteiger partial charge in [-0.1, -0.05) is 13.8 Å². The van der Waals surface area contributed by atoms with Crippen molar-refractivity contribution in [3.05, 3.63) is 28.6 Å². The van der Waals surface area contributed by atoms with Crippen molar-refractivity contribution in [2.45, 2.75) is 40.5 Å². The molecule has 1 nitrogen and oxygen atoms in total. The first kappa shape index (κ1) is 9.24. The van der Waals surface area contributed by atoms with Gasteiger partial charge in [-0.05, 0) is 43.9 Å². The monoisotopic (exact) mass is 163 g/mol. The molecule has 0 radical (unpaired) electrons. The number of hydrogen-bond donors (Lipinski definition) is 0. The summed E-state index contributed by atoms with van der Waals surface area (Å²) in [5, 5.41) is 0. The summed E-state index contributed by atoms with van der Waals surface area (Å²) in [4.78, 5) is 4.52. The first-order valence-electron chi connectivity index (χ1n) is 4.65. The number of rotatable bonds is 2. The molecule has 1 aromatic rings. The quantitative estimate of drug-likeness (QED) is 0.653. The summed E-state index contributed by atoms with van der Waals surface area (Å²) in [7, 11) is 0. The predicted octanol–water partition coefficient (Wildman–Crippen LogP) is 2.82. The molecule has 1 aromatic heterocycles. The third-order valence-electron chi connectivity index (χ3n) is 2.32. The topological polar surface area (TPSA) is 12.9 Å². The van der Waals surface area contributed by atoms with Crippen LogP contribution in [0.25, 0.3) is 0 Å². The van der Waals surface area contributed by atoms with E-state index < -0.39 is 0 Å². The molecule has 1 rings (SSSR count). The van der Waals surface area contributed by atoms with E-state index in [-0.39, 0.29) is 0 Å². The SMILES string of the molecule is CCc1cc(C)c(CC)c(C)n1. The Morgan fingerprint density at radius 3 is 2.25 bits per heavy atom. The Bertz CT molecular complexity index is 253. The molecular formula is C11H17N. The van der Waals surface area contributed by atoms with Gasteiger partial charge in [0.25, 0.3) is 0 Å². The molecule has 1 heterocycles. The zero-order chi connectivity index (χ0) is 9.14. The van der Waals surface area contributed by atoms with Crippen LogP contribution in [0.3, 0.4) is 0 Å². The number of aromatic nitrogens is 1. The first-order chi connectivity index (χ1) is 5.69. The average molecular weight is 163 g/mol. The van der Waals surface area contributed by atoms with Gasteiger partial charge in [-0.15, -0.1) is 0 Å². The van der Waals surface area contributed by atoms with Gasteiger partial charge in [-0.3, -0.25) is 4.98 Å². The van der Waals surface area contributed by atoms with Gasteiger partial charge in [-0.25, -0.2) is 0 Å². The molecule has 0 aliphatic rings. The van der Waals surface area contributed by atoms with E-state index in [1.54, 1.807) is 0 Å². The third kappa shape index (κ3) is 1.66. The van der Waals surface area contributed by atoms with E-state index in [1.807, 2.05) is 0 Å². The van der Waals surface area contributed by atoms with Crippen molar-refractivity contribution < 1.29 is 0 Å². The second-order valence-corrected chi connectivity index (χ2v) is 3.20. The highest BCUT2D eigenvalue weighted by Gasteiger charge is 2.02. The lowest BCUT2D eigenvalue weighted by atomic mass is 10.0. The maximum Gasteiger partial charge on any atom is 0.0410 e. The van der Waals surface area contributed by atoms with Gasteiger partial charge in [0.1, 0.15) is 0 Å². The normalized spacial score (nSPS) is 10.3. The molecular weight excluding hydrogens is 146 g/mol. The molecule has 0 aliphatic carbocycles. The van der Waals surface area contributed by atoms with Gasteiger partial charge in [0.2, 0.25) is 0 Å². The summed E-state index contributed by atoms with van der Waals surface area (Å²) in [6.07, 6.45) is 2.13. The van der Waals surface area contributed by atoms with Crippen LogP contribution >= 0.6 is 0 Å². The van der Waals surface area contributed by atoms with E-state index >= 15 is 0 Å². The van der Waals surface area contributed by atoms with Crippen molar-refractivity contribution in [3.8, 4) is 0 Å². The summed E-state index contributed by atoms with van der Waals surface area (Å²) in [6, 6.07) is 2.20. The van der Waals surface area contributed by atoms with Crippen molar-refractivity contribution >= 4 is 0 Å². The molecule has 0 bridgehead atoms. The largest absolute Gasteiger partial charge is 0.258 e. The van der Waals surface area contributed by atoms with Crippen molar-refractivity contribution in [3.63, 3.8) is 0 Å². The molecule has 66 valence electrons. The van der Waals surface area contributed by atoms with Gasteiger partial charge >= 0.3 is 0 Å². The van der Waals surface area contributed by atoms with Crippen LogP contribution < -0.4 is 0 Å². The molecule has 0 aromatic carbocycles. The Balaban J connectivity index is 3.18. The molecule has 0 fully saturated rings. The molecule has 0 saturated carbocycles. The van der Waals surface area contributed by atoms with Gasteiger partial charge in [0.05, 0.1) is 0 Å². The summed E-state index contributed by atoms with van der Waals surface area (Å²) in [5.41, 5.74) is 5.21. The maximum absolute atomic E-state index is 4.52. The maximum atomic E-state index is 4.52. The van der Waals surface area contributed by atoms with Crippen LogP contribution in [0, 0.1) is 13.8 Å². The van der Waals surface area contributed by atoms with Gasteiger partial charge in [-0.2, -0.15) is 0 Å². The first-order valence-corrected chi connectivity index (χ1v) is 4.65. The summed E-state index contributed by atoms with van der Waals surface area (Å²) in [5.74, 6) is 0. The molecule has 0 N–H and O–H groups in total. The van der Waals surface area contributed by atoms with Crippen molar-refractivity contribution in [2.75, 3.05) is 0 Å². The minimum atomic E-state index is 1.03. The fourth-order valence-corrected chi connectivity index (χ4v) is 1.65. The minimum absolute atomic E-state index is 1.03. The van der Waals surface area contributed by atoms with Crippen LogP contribution in [0.1, 0.15) is 36.4 Å². The average Bonchev–Trinajstić information content (AvgIpc) is 2.03. The van der Waals surface area contributed by atoms with Crippen LogP contribution in [-0.2, 0) is 12.8 Å². The highest BCUT2D eigenvalue weighted by molar-refractivity contribution is 5.31. The fraction of sp³-hybridized carbons (Fsp3) is 0.545. The molecule has 12 heavy (non-hydrogen) atoms. The van der Waals surface area contributed by atoms with Crippen LogP contribution in [0.2, 0.25) is 0 Å². The Morgan fingerprint density at radius 1 is 1.17 bits per heavy atom. The fourth-order valence-electron chi connectivity index (χ4n) is 1.65. The van der Waals surface area contributed by atoms with Crippen LogP contribution in [-0.4, -0.2) is 4.98 Å². The molecule has 0 saturated heterocycles. The van der Waals surface area contributed by atoms with E-state index in [1.165, 1.54) is 22.5 Å². The third-order valence-corrected chi connectivity index (χ3v) is 2.32. The number of hydrogen-bond acceptors (Lipinski definition) is 1. The Kier molecular flexibility index (Phi) is 2.85. The van der Waals surface area contributed by atoms with Gasteiger partial charge in [0.15, 0.2) is 0 Å². The standard InChI is InChI=1S/C11H17N/c1-5-10-7-8(3)11(6-2)9(4)12-10/h7H,5-6H2,1-4H3. The molecule has 0 aliphatic heterocycles. The van der Waals surface area contributed by atoms with Crippen LogP contribution in [0.5, 0.6) is 0 Å². The second-order valence-electron chi connectivity index (χ2n) is 3.20. The Labute approximate surface area is 74.8 Å². The van der Waals surface area contributed by atoms with Crippen LogP contribution in [0.4, 0.5) is 0 Å². The minimum Gasteiger partial charge on any atom is -0.258 e. The second kappa shape index (κ2) is 3.70. The Hall–Kier alpha value is -0.850. The van der Waals surface area contributed by atoms with Crippen molar-refractivity contribution in [2.24, 2.45) is 0 Å². The van der Waals surface area contributed by atoms with E-state index in [0.29, 0.717) is 0 Å². The lowest BCUT2D eigenvalue weighted by Gasteiger charge is -2.08. The van der Waals surface area contributed by atoms with E-state index in [2.05, 4.69) is 38.7 Å². The lowest BCUT2D eigenvalue weighted by molar-refractivity contribution is 0.950. The van der Waals surface area contributed by atoms with Crippen LogP contribution in [0.15, 0.2) is 6.07 Å².